The summed E-state index contributed by atoms with van der Waals surface area (Å²) in [5.74, 6) is -0.720. The highest BCUT2D eigenvalue weighted by molar-refractivity contribution is 6.03. The number of ketones is 1. The normalized spacial score (nSPS) is 14.7. The van der Waals surface area contributed by atoms with Crippen molar-refractivity contribution in [1.82, 2.24) is 0 Å². The zero-order valence-electron chi connectivity index (χ0n) is 27.9. The Kier molecular flexibility index (Phi) is 12.7. The molecule has 8 nitrogen and oxygen atoms in total. The minimum absolute atomic E-state index is 0.107. The van der Waals surface area contributed by atoms with Crippen LogP contribution in [-0.4, -0.2) is 54.1 Å². The van der Waals surface area contributed by atoms with Crippen molar-refractivity contribution in [3.05, 3.63) is 89.0 Å². The van der Waals surface area contributed by atoms with Crippen LogP contribution in [0.2, 0.25) is 0 Å². The molecular formula is C38H48N2O6. The van der Waals surface area contributed by atoms with Crippen molar-refractivity contribution in [2.24, 2.45) is 5.16 Å². The van der Waals surface area contributed by atoms with Gasteiger partial charge in [-0.15, -0.1) is 0 Å². The van der Waals surface area contributed by atoms with Crippen LogP contribution in [0.5, 0.6) is 0 Å². The summed E-state index contributed by atoms with van der Waals surface area (Å²) in [5.41, 5.74) is 5.48. The number of aryl methyl sites for hydroxylation is 2. The molecule has 3 aromatic rings. The molecule has 1 atom stereocenters. The Hall–Kier alpha value is -3.85. The third-order valence-electron chi connectivity index (χ3n) is 7.99. The van der Waals surface area contributed by atoms with Crippen molar-refractivity contribution >= 4 is 34.5 Å². The second-order valence-corrected chi connectivity index (χ2v) is 12.3. The summed E-state index contributed by atoms with van der Waals surface area (Å²) in [6.07, 6.45) is 6.43. The van der Waals surface area contributed by atoms with Crippen LogP contribution in [0.1, 0.15) is 93.8 Å². The van der Waals surface area contributed by atoms with E-state index in [1.165, 1.54) is 19.4 Å². The van der Waals surface area contributed by atoms with Gasteiger partial charge in [-0.1, -0.05) is 69.5 Å². The molecule has 0 spiro atoms. The number of nitrogens with zero attached hydrogens (tertiary/aromatic N) is 2. The van der Waals surface area contributed by atoms with E-state index >= 15 is 0 Å². The van der Waals surface area contributed by atoms with E-state index in [0.29, 0.717) is 24.5 Å². The van der Waals surface area contributed by atoms with Crippen molar-refractivity contribution in [2.75, 3.05) is 24.7 Å². The van der Waals surface area contributed by atoms with Gasteiger partial charge in [0, 0.05) is 34.6 Å². The second kappa shape index (κ2) is 16.6. The summed E-state index contributed by atoms with van der Waals surface area (Å²) in [7, 11) is 0. The third-order valence-corrected chi connectivity index (χ3v) is 7.99. The molecule has 1 fully saturated rings. The fourth-order valence-corrected chi connectivity index (χ4v) is 5.14. The van der Waals surface area contributed by atoms with Gasteiger partial charge in [0.1, 0.15) is 17.4 Å². The Balaban J connectivity index is 1.75. The fourth-order valence-electron chi connectivity index (χ4n) is 5.14. The smallest absolute Gasteiger partial charge is 0.334 e. The standard InChI is InChI=1S/C38H48N2O6/c1-6-9-10-11-12-29-23-30(37(42)38(4,5)43)17-22-35(29)40(31-18-13-27(7-2)14-19-31)32-20-15-28(16-21-32)34(39-46-36(41)8-3)26-44-24-33-25-45-33/h13-23,33,43H,6-12,24-26H2,1-5H3/b39-34+. The lowest BCUT2D eigenvalue weighted by Gasteiger charge is -2.29. The largest absolute Gasteiger partial charge is 0.382 e. The number of Topliss-reactive ketones (excluding diaryl/α,β-unsaturated/α-hetero) is 1. The first-order chi connectivity index (χ1) is 22.1. The maximum Gasteiger partial charge on any atom is 0.334 e. The number of oxime groups is 1. The van der Waals surface area contributed by atoms with Gasteiger partial charge in [-0.05, 0) is 86.7 Å². The number of unbranched alkanes of at least 4 members (excludes halogenated alkanes) is 3. The number of epoxide rings is 1. The molecule has 1 N–H and O–H groups in total. The monoisotopic (exact) mass is 628 g/mol. The Labute approximate surface area is 273 Å². The van der Waals surface area contributed by atoms with Crippen LogP contribution in [0.4, 0.5) is 17.1 Å². The molecule has 8 heteroatoms. The topological polar surface area (TPSA) is 101 Å². The van der Waals surface area contributed by atoms with Crippen LogP contribution in [0, 0.1) is 0 Å². The van der Waals surface area contributed by atoms with E-state index < -0.39 is 11.6 Å². The van der Waals surface area contributed by atoms with E-state index in [1.54, 1.807) is 13.0 Å². The van der Waals surface area contributed by atoms with Crippen molar-refractivity contribution < 1.29 is 29.0 Å². The number of anilines is 3. The Bertz CT molecular complexity index is 1470. The van der Waals surface area contributed by atoms with Crippen LogP contribution >= 0.6 is 0 Å². The molecule has 1 aliphatic heterocycles. The highest BCUT2D eigenvalue weighted by Crippen LogP contribution is 2.38. The minimum atomic E-state index is -1.47. The van der Waals surface area contributed by atoms with E-state index in [0.717, 1.165) is 66.7 Å². The van der Waals surface area contributed by atoms with Gasteiger partial charge in [0.25, 0.3) is 0 Å². The average Bonchev–Trinajstić information content (AvgIpc) is 3.89. The van der Waals surface area contributed by atoms with Gasteiger partial charge in [0.2, 0.25) is 0 Å². The molecule has 0 saturated carbocycles. The second-order valence-electron chi connectivity index (χ2n) is 12.3. The van der Waals surface area contributed by atoms with E-state index in [2.05, 4.69) is 48.2 Å². The summed E-state index contributed by atoms with van der Waals surface area (Å²) in [6.45, 7) is 10.4. The predicted molar refractivity (Wildman–Crippen MR) is 182 cm³/mol. The number of ether oxygens (including phenoxy) is 2. The maximum atomic E-state index is 13.1. The van der Waals surface area contributed by atoms with Gasteiger partial charge in [0.05, 0.1) is 19.8 Å². The van der Waals surface area contributed by atoms with E-state index in [9.17, 15) is 14.7 Å². The van der Waals surface area contributed by atoms with Gasteiger partial charge in [-0.3, -0.25) is 4.79 Å². The van der Waals surface area contributed by atoms with Crippen LogP contribution in [-0.2, 0) is 31.9 Å². The number of benzene rings is 3. The van der Waals surface area contributed by atoms with Crippen LogP contribution in [0.25, 0.3) is 0 Å². The summed E-state index contributed by atoms with van der Waals surface area (Å²) < 4.78 is 11.0. The molecule has 0 aromatic heterocycles. The molecule has 246 valence electrons. The Morgan fingerprint density at radius 3 is 2.17 bits per heavy atom. The molecule has 0 aliphatic carbocycles. The van der Waals surface area contributed by atoms with Gasteiger partial charge in [-0.2, -0.15) is 0 Å². The van der Waals surface area contributed by atoms with Gasteiger partial charge < -0.3 is 24.3 Å². The highest BCUT2D eigenvalue weighted by atomic mass is 16.7. The first-order valence-electron chi connectivity index (χ1n) is 16.5. The van der Waals surface area contributed by atoms with E-state index in [-0.39, 0.29) is 24.9 Å². The predicted octanol–water partition coefficient (Wildman–Crippen LogP) is 7.87. The lowest BCUT2D eigenvalue weighted by molar-refractivity contribution is -0.143. The molecule has 46 heavy (non-hydrogen) atoms. The minimum Gasteiger partial charge on any atom is -0.382 e. The quantitative estimate of drug-likeness (QED) is 0.0382. The van der Waals surface area contributed by atoms with Crippen molar-refractivity contribution in [1.29, 1.82) is 0 Å². The highest BCUT2D eigenvalue weighted by Gasteiger charge is 2.27. The third kappa shape index (κ3) is 9.82. The van der Waals surface area contributed by atoms with Gasteiger partial charge in [0.15, 0.2) is 5.78 Å². The van der Waals surface area contributed by atoms with Crippen LogP contribution < -0.4 is 4.90 Å². The first-order valence-corrected chi connectivity index (χ1v) is 16.5. The summed E-state index contributed by atoms with van der Waals surface area (Å²) in [4.78, 5) is 32.3. The molecule has 0 amide bonds. The summed E-state index contributed by atoms with van der Waals surface area (Å²) in [5, 5.41) is 14.6. The first kappa shape index (κ1) is 35.0. The average molecular weight is 629 g/mol. The van der Waals surface area contributed by atoms with Gasteiger partial charge >= 0.3 is 5.97 Å². The number of carbonyl (C=O) groups is 2. The molecule has 1 saturated heterocycles. The molecule has 1 heterocycles. The molecular weight excluding hydrogens is 580 g/mol. The lowest BCUT2D eigenvalue weighted by Crippen LogP contribution is -2.31. The number of aliphatic hydroxyl groups is 1. The molecule has 0 radical (unpaired) electrons. The molecule has 4 rings (SSSR count). The SMILES string of the molecule is CCCCCCc1cc(C(=O)C(C)(C)O)ccc1N(c1ccc(CC)cc1)c1ccc(/C(COCC2CO2)=N/OC(=O)CC)cc1. The fraction of sp³-hybridized carbons (Fsp3) is 0.447. The molecule has 0 bridgehead atoms. The number of hydrogen-bond acceptors (Lipinski definition) is 8. The molecule has 1 unspecified atom stereocenters. The lowest BCUT2D eigenvalue weighted by atomic mass is 9.93. The van der Waals surface area contributed by atoms with Crippen molar-refractivity contribution in [3.63, 3.8) is 0 Å². The van der Waals surface area contributed by atoms with E-state index in [4.69, 9.17) is 14.3 Å². The Morgan fingerprint density at radius 1 is 0.935 bits per heavy atom. The van der Waals surface area contributed by atoms with Crippen molar-refractivity contribution in [3.8, 4) is 0 Å². The van der Waals surface area contributed by atoms with Crippen LogP contribution in [0.3, 0.4) is 0 Å². The van der Waals surface area contributed by atoms with E-state index in [1.807, 2.05) is 36.4 Å². The van der Waals surface area contributed by atoms with Gasteiger partial charge in [-0.25, -0.2) is 4.79 Å². The number of hydrogen-bond donors (Lipinski definition) is 1. The van der Waals surface area contributed by atoms with Crippen LogP contribution in [0.15, 0.2) is 71.9 Å². The summed E-state index contributed by atoms with van der Waals surface area (Å²) >= 11 is 0. The molecule has 3 aromatic carbocycles. The molecule has 1 aliphatic rings. The zero-order chi connectivity index (χ0) is 33.1. The zero-order valence-corrected chi connectivity index (χ0v) is 27.9. The maximum absolute atomic E-state index is 13.1. The number of rotatable bonds is 18. The number of carbonyl (C=O) groups excluding carboxylic acids is 2. The van der Waals surface area contributed by atoms with Crippen molar-refractivity contribution in [2.45, 2.75) is 91.3 Å². The summed E-state index contributed by atoms with van der Waals surface area (Å²) in [6, 6.07) is 22.2. The Morgan fingerprint density at radius 2 is 1.59 bits per heavy atom.